The fraction of sp³-hybridized carbons (Fsp3) is 0.250. The van der Waals surface area contributed by atoms with Gasteiger partial charge in [0.1, 0.15) is 5.75 Å². The molecule has 0 aliphatic rings. The van der Waals surface area contributed by atoms with E-state index in [1.165, 1.54) is 0 Å². The average Bonchev–Trinajstić information content (AvgIpc) is 2.54. The van der Waals surface area contributed by atoms with Crippen LogP contribution in [0.4, 0.5) is 0 Å². The van der Waals surface area contributed by atoms with E-state index in [4.69, 9.17) is 9.26 Å². The largest absolute Gasteiger partial charge is 0.434 e. The van der Waals surface area contributed by atoms with Crippen molar-refractivity contribution in [2.75, 3.05) is 0 Å². The van der Waals surface area contributed by atoms with Crippen molar-refractivity contribution < 1.29 is 18.9 Å². The second kappa shape index (κ2) is 8.71. The van der Waals surface area contributed by atoms with Gasteiger partial charge in [-0.3, -0.25) is 4.57 Å². The zero-order valence-electron chi connectivity index (χ0n) is 12.3. The monoisotopic (exact) mass is 321 g/mol. The summed E-state index contributed by atoms with van der Waals surface area (Å²) < 4.78 is 22.5. The molecular formula is C16H20NO4P. The number of nitrogens with one attached hydrogen (secondary N) is 1. The van der Waals surface area contributed by atoms with E-state index in [9.17, 15) is 9.67 Å². The van der Waals surface area contributed by atoms with E-state index >= 15 is 0 Å². The first-order valence-corrected chi connectivity index (χ1v) is 8.34. The predicted molar refractivity (Wildman–Crippen MR) is 85.9 cm³/mol. The molecule has 0 spiro atoms. The summed E-state index contributed by atoms with van der Waals surface area (Å²) in [6, 6.07) is 17.9. The van der Waals surface area contributed by atoms with Gasteiger partial charge in [-0.15, -0.1) is 0 Å². The quantitative estimate of drug-likeness (QED) is 0.578. The number of para-hydroxylation sites is 1. The lowest BCUT2D eigenvalue weighted by molar-refractivity contribution is -0.121. The van der Waals surface area contributed by atoms with Crippen molar-refractivity contribution >= 4 is 8.18 Å². The summed E-state index contributed by atoms with van der Waals surface area (Å²) in [6.07, 6.45) is -1.08. The standard InChI is InChI=1S/C16H20NO4P/c1-13(16(18)20-12-14-8-4-2-5-9-14)17-22(19)21-15-10-6-3-7-11-15/h2-11,13,16,18,22H,12H2,1H3,(H,17,19)/t13-,16-/m0/s1. The highest BCUT2D eigenvalue weighted by molar-refractivity contribution is 7.37. The molecule has 0 aromatic heterocycles. The number of ether oxygens (including phenoxy) is 1. The molecule has 0 saturated heterocycles. The van der Waals surface area contributed by atoms with Crippen LogP contribution < -0.4 is 9.61 Å². The molecule has 3 atom stereocenters. The first-order valence-electron chi connectivity index (χ1n) is 7.02. The SMILES string of the molecule is C[C@H](N[PH](=O)Oc1ccccc1)[C@@H](O)OCc1ccccc1. The number of aliphatic hydroxyl groups excluding tert-OH is 1. The minimum atomic E-state index is -2.51. The number of aliphatic hydroxyl groups is 1. The summed E-state index contributed by atoms with van der Waals surface area (Å²) >= 11 is 0. The molecule has 6 heteroatoms. The Morgan fingerprint density at radius 2 is 1.68 bits per heavy atom. The molecule has 0 amide bonds. The Morgan fingerprint density at radius 1 is 1.09 bits per heavy atom. The summed E-state index contributed by atoms with van der Waals surface area (Å²) in [6.45, 7) is 1.97. The second-order valence-electron chi connectivity index (χ2n) is 4.82. The topological polar surface area (TPSA) is 67.8 Å². The third-order valence-electron chi connectivity index (χ3n) is 2.99. The van der Waals surface area contributed by atoms with Crippen LogP contribution in [-0.4, -0.2) is 17.4 Å². The van der Waals surface area contributed by atoms with Crippen LogP contribution in [0.15, 0.2) is 60.7 Å². The molecule has 0 aliphatic heterocycles. The van der Waals surface area contributed by atoms with E-state index in [1.54, 1.807) is 31.2 Å². The van der Waals surface area contributed by atoms with Crippen molar-refractivity contribution in [1.82, 2.24) is 5.09 Å². The van der Waals surface area contributed by atoms with Crippen molar-refractivity contribution in [1.29, 1.82) is 0 Å². The minimum absolute atomic E-state index is 0.286. The third kappa shape index (κ3) is 5.62. The van der Waals surface area contributed by atoms with Gasteiger partial charge in [-0.2, -0.15) is 0 Å². The van der Waals surface area contributed by atoms with Crippen LogP contribution >= 0.6 is 8.18 Å². The van der Waals surface area contributed by atoms with E-state index in [0.717, 1.165) is 5.56 Å². The van der Waals surface area contributed by atoms with Crippen molar-refractivity contribution in [2.24, 2.45) is 0 Å². The maximum Gasteiger partial charge on any atom is 0.305 e. The Kier molecular flexibility index (Phi) is 6.62. The van der Waals surface area contributed by atoms with Crippen LogP contribution in [0.25, 0.3) is 0 Å². The summed E-state index contributed by atoms with van der Waals surface area (Å²) in [5, 5.41) is 12.6. The van der Waals surface area contributed by atoms with Crippen LogP contribution in [-0.2, 0) is 15.9 Å². The van der Waals surface area contributed by atoms with Gasteiger partial charge in [-0.25, -0.2) is 5.09 Å². The number of hydrogen-bond acceptors (Lipinski definition) is 4. The molecule has 0 bridgehead atoms. The summed E-state index contributed by atoms with van der Waals surface area (Å²) in [5.41, 5.74) is 0.960. The van der Waals surface area contributed by atoms with Crippen molar-refractivity contribution in [3.05, 3.63) is 66.2 Å². The van der Waals surface area contributed by atoms with Gasteiger partial charge in [-0.05, 0) is 24.6 Å². The number of hydrogen-bond donors (Lipinski definition) is 2. The molecule has 22 heavy (non-hydrogen) atoms. The maximum absolute atomic E-state index is 11.9. The van der Waals surface area contributed by atoms with Gasteiger partial charge in [0.05, 0.1) is 12.6 Å². The predicted octanol–water partition coefficient (Wildman–Crippen LogP) is 2.97. The van der Waals surface area contributed by atoms with Gasteiger partial charge in [-0.1, -0.05) is 48.5 Å². The van der Waals surface area contributed by atoms with Gasteiger partial charge < -0.3 is 14.4 Å². The van der Waals surface area contributed by atoms with E-state index in [2.05, 4.69) is 5.09 Å². The van der Waals surface area contributed by atoms with Gasteiger partial charge >= 0.3 is 8.18 Å². The van der Waals surface area contributed by atoms with Crippen molar-refractivity contribution in [3.8, 4) is 5.75 Å². The molecule has 118 valence electrons. The zero-order valence-corrected chi connectivity index (χ0v) is 13.3. The lowest BCUT2D eigenvalue weighted by Gasteiger charge is -2.20. The molecule has 0 fully saturated rings. The van der Waals surface area contributed by atoms with Gasteiger partial charge in [0.25, 0.3) is 0 Å². The van der Waals surface area contributed by atoms with E-state index in [-0.39, 0.29) is 6.61 Å². The molecule has 0 aliphatic carbocycles. The molecule has 2 N–H and O–H groups in total. The molecule has 0 radical (unpaired) electrons. The number of benzene rings is 2. The Morgan fingerprint density at radius 3 is 2.32 bits per heavy atom. The molecular weight excluding hydrogens is 301 g/mol. The van der Waals surface area contributed by atoms with Gasteiger partial charge in [0.2, 0.25) is 0 Å². The van der Waals surface area contributed by atoms with Crippen LogP contribution in [0.1, 0.15) is 12.5 Å². The van der Waals surface area contributed by atoms with Crippen molar-refractivity contribution in [2.45, 2.75) is 25.9 Å². The van der Waals surface area contributed by atoms with Crippen LogP contribution in [0, 0.1) is 0 Å². The maximum atomic E-state index is 11.9. The third-order valence-corrected chi connectivity index (χ3v) is 4.10. The lowest BCUT2D eigenvalue weighted by Crippen LogP contribution is -2.35. The lowest BCUT2D eigenvalue weighted by atomic mass is 10.2. The van der Waals surface area contributed by atoms with Crippen molar-refractivity contribution in [3.63, 3.8) is 0 Å². The van der Waals surface area contributed by atoms with Gasteiger partial charge in [0, 0.05) is 0 Å². The van der Waals surface area contributed by atoms with Crippen LogP contribution in [0.2, 0.25) is 0 Å². The summed E-state index contributed by atoms with van der Waals surface area (Å²) in [4.78, 5) is 0. The van der Waals surface area contributed by atoms with E-state index in [0.29, 0.717) is 5.75 Å². The molecule has 1 unspecified atom stereocenters. The Bertz CT molecular complexity index is 579. The average molecular weight is 321 g/mol. The first-order chi connectivity index (χ1) is 10.6. The number of rotatable bonds is 8. The molecule has 2 rings (SSSR count). The fourth-order valence-corrected chi connectivity index (χ4v) is 2.71. The zero-order chi connectivity index (χ0) is 15.8. The van der Waals surface area contributed by atoms with E-state index < -0.39 is 20.5 Å². The molecule has 2 aromatic carbocycles. The first kappa shape index (κ1) is 16.7. The van der Waals surface area contributed by atoms with Crippen LogP contribution in [0.3, 0.4) is 0 Å². The smallest absolute Gasteiger partial charge is 0.305 e. The van der Waals surface area contributed by atoms with Gasteiger partial charge in [0.15, 0.2) is 6.29 Å². The van der Waals surface area contributed by atoms with Crippen LogP contribution in [0.5, 0.6) is 5.75 Å². The molecule has 2 aromatic rings. The summed E-state index contributed by atoms with van der Waals surface area (Å²) in [5.74, 6) is 0.519. The Labute approximate surface area is 130 Å². The second-order valence-corrected chi connectivity index (χ2v) is 5.89. The Balaban J connectivity index is 1.76. The molecule has 5 nitrogen and oxygen atoms in total. The highest BCUT2D eigenvalue weighted by atomic mass is 31.1. The highest BCUT2D eigenvalue weighted by Gasteiger charge is 2.17. The molecule has 0 saturated carbocycles. The summed E-state index contributed by atoms with van der Waals surface area (Å²) in [7, 11) is -2.51. The normalized spacial score (nSPS) is 15.0. The highest BCUT2D eigenvalue weighted by Crippen LogP contribution is 2.23. The Hall–Kier alpha value is -1.65. The molecule has 0 heterocycles. The van der Waals surface area contributed by atoms with E-state index in [1.807, 2.05) is 36.4 Å². The minimum Gasteiger partial charge on any atom is -0.434 e. The fourth-order valence-electron chi connectivity index (χ4n) is 1.78.